The summed E-state index contributed by atoms with van der Waals surface area (Å²) in [6.45, 7) is 8.81. The second kappa shape index (κ2) is 4.10. The molecule has 0 fully saturated rings. The van der Waals surface area contributed by atoms with Crippen molar-refractivity contribution in [3.8, 4) is 0 Å². The molecule has 0 amide bonds. The first kappa shape index (κ1) is 9.04. The van der Waals surface area contributed by atoms with E-state index < -0.39 is 0 Å². The first-order valence-corrected chi connectivity index (χ1v) is 4.36. The summed E-state index contributed by atoms with van der Waals surface area (Å²) in [5, 5.41) is 4.36. The van der Waals surface area contributed by atoms with Crippen molar-refractivity contribution in [1.29, 1.82) is 0 Å². The number of allylic oxidation sites excluding steroid dienone is 1. The van der Waals surface area contributed by atoms with Gasteiger partial charge >= 0.3 is 0 Å². The molecule has 0 atom stereocenters. The fourth-order valence-corrected chi connectivity index (χ4v) is 1.29. The number of rotatable bonds is 4. The molecule has 0 radical (unpaired) electrons. The van der Waals surface area contributed by atoms with E-state index in [1.807, 2.05) is 13.0 Å². The van der Waals surface area contributed by atoms with E-state index >= 15 is 0 Å². The summed E-state index contributed by atoms with van der Waals surface area (Å²) in [5.74, 6) is 0. The Labute approximate surface area is 73.9 Å². The molecule has 1 heterocycles. The lowest BCUT2D eigenvalue weighted by molar-refractivity contribution is 0.566. The zero-order chi connectivity index (χ0) is 8.97. The van der Waals surface area contributed by atoms with Gasteiger partial charge in [-0.15, -0.1) is 6.58 Å². The standard InChI is InChI=1S/C10H16N2/c1-4-5-6-7-12-10(3)8-9(2)11-12/h4,8H,1,5-7H2,2-3H3. The molecule has 0 spiro atoms. The predicted octanol–water partition coefficient (Wildman–Crippen LogP) is 2.47. The van der Waals surface area contributed by atoms with E-state index in [1.54, 1.807) is 0 Å². The molecule has 0 aliphatic heterocycles. The smallest absolute Gasteiger partial charge is 0.0596 e. The molecule has 1 aromatic rings. The van der Waals surface area contributed by atoms with Crippen molar-refractivity contribution in [2.24, 2.45) is 0 Å². The Balaban J connectivity index is 2.50. The minimum Gasteiger partial charge on any atom is -0.270 e. The first-order chi connectivity index (χ1) is 5.74. The van der Waals surface area contributed by atoms with Crippen LogP contribution in [0.15, 0.2) is 18.7 Å². The zero-order valence-corrected chi connectivity index (χ0v) is 7.88. The minimum atomic E-state index is 1.01. The maximum absolute atomic E-state index is 4.36. The Kier molecular flexibility index (Phi) is 3.09. The van der Waals surface area contributed by atoms with Crippen LogP contribution in [0.4, 0.5) is 0 Å². The Hall–Kier alpha value is -1.05. The van der Waals surface area contributed by atoms with Crippen LogP contribution in [0, 0.1) is 13.8 Å². The molecule has 66 valence electrons. The van der Waals surface area contributed by atoms with Crippen molar-refractivity contribution in [3.05, 3.63) is 30.1 Å². The highest BCUT2D eigenvalue weighted by Crippen LogP contribution is 2.03. The van der Waals surface area contributed by atoms with Crippen LogP contribution in [0.1, 0.15) is 24.2 Å². The highest BCUT2D eigenvalue weighted by molar-refractivity contribution is 5.06. The zero-order valence-electron chi connectivity index (χ0n) is 7.88. The Morgan fingerprint density at radius 2 is 2.33 bits per heavy atom. The van der Waals surface area contributed by atoms with Gasteiger partial charge in [-0.25, -0.2) is 0 Å². The molecule has 2 heteroatoms. The van der Waals surface area contributed by atoms with Crippen molar-refractivity contribution in [2.45, 2.75) is 33.2 Å². The van der Waals surface area contributed by atoms with Gasteiger partial charge in [0.25, 0.3) is 0 Å². The fraction of sp³-hybridized carbons (Fsp3) is 0.500. The number of aryl methyl sites for hydroxylation is 3. The molecule has 0 unspecified atom stereocenters. The molecule has 0 aliphatic carbocycles. The first-order valence-electron chi connectivity index (χ1n) is 4.36. The Morgan fingerprint density at radius 3 is 2.83 bits per heavy atom. The predicted molar refractivity (Wildman–Crippen MR) is 51.1 cm³/mol. The lowest BCUT2D eigenvalue weighted by Gasteiger charge is -2.01. The van der Waals surface area contributed by atoms with Crippen LogP contribution in [-0.2, 0) is 6.54 Å². The van der Waals surface area contributed by atoms with Crippen LogP contribution in [-0.4, -0.2) is 9.78 Å². The third-order valence-electron chi connectivity index (χ3n) is 1.88. The van der Waals surface area contributed by atoms with E-state index in [1.165, 1.54) is 5.69 Å². The quantitative estimate of drug-likeness (QED) is 0.493. The van der Waals surface area contributed by atoms with Crippen LogP contribution in [0.5, 0.6) is 0 Å². The average Bonchev–Trinajstić information content (AvgIpc) is 2.31. The van der Waals surface area contributed by atoms with E-state index in [0.29, 0.717) is 0 Å². The third kappa shape index (κ3) is 2.22. The molecule has 12 heavy (non-hydrogen) atoms. The van der Waals surface area contributed by atoms with E-state index in [2.05, 4.69) is 29.3 Å². The molecular formula is C10H16N2. The van der Waals surface area contributed by atoms with Crippen LogP contribution in [0.2, 0.25) is 0 Å². The Morgan fingerprint density at radius 1 is 1.58 bits per heavy atom. The van der Waals surface area contributed by atoms with Gasteiger partial charge in [0, 0.05) is 12.2 Å². The maximum Gasteiger partial charge on any atom is 0.0596 e. The van der Waals surface area contributed by atoms with Gasteiger partial charge in [0.15, 0.2) is 0 Å². The summed E-state index contributed by atoms with van der Waals surface area (Å²) in [5.41, 5.74) is 2.35. The highest BCUT2D eigenvalue weighted by atomic mass is 15.3. The fourth-order valence-electron chi connectivity index (χ4n) is 1.29. The van der Waals surface area contributed by atoms with Crippen LogP contribution in [0.25, 0.3) is 0 Å². The highest BCUT2D eigenvalue weighted by Gasteiger charge is 1.98. The number of aromatic nitrogens is 2. The Bertz CT molecular complexity index is 261. The van der Waals surface area contributed by atoms with Gasteiger partial charge in [0.05, 0.1) is 5.69 Å². The van der Waals surface area contributed by atoms with E-state index in [0.717, 1.165) is 25.1 Å². The molecule has 0 aliphatic rings. The number of hydrogen-bond acceptors (Lipinski definition) is 1. The lowest BCUT2D eigenvalue weighted by Crippen LogP contribution is -2.01. The number of unbranched alkanes of at least 4 members (excludes halogenated alkanes) is 1. The van der Waals surface area contributed by atoms with E-state index in [4.69, 9.17) is 0 Å². The van der Waals surface area contributed by atoms with E-state index in [9.17, 15) is 0 Å². The summed E-state index contributed by atoms with van der Waals surface area (Å²) >= 11 is 0. The van der Waals surface area contributed by atoms with Gasteiger partial charge in [0.2, 0.25) is 0 Å². The van der Waals surface area contributed by atoms with Gasteiger partial charge in [-0.05, 0) is 32.8 Å². The molecule has 0 aromatic carbocycles. The van der Waals surface area contributed by atoms with Crippen molar-refractivity contribution in [3.63, 3.8) is 0 Å². The SMILES string of the molecule is C=CCCCn1nc(C)cc1C. The molecule has 0 saturated carbocycles. The monoisotopic (exact) mass is 164 g/mol. The van der Waals surface area contributed by atoms with E-state index in [-0.39, 0.29) is 0 Å². The normalized spacial score (nSPS) is 10.2. The molecule has 2 nitrogen and oxygen atoms in total. The minimum absolute atomic E-state index is 1.01. The van der Waals surface area contributed by atoms with Crippen molar-refractivity contribution in [1.82, 2.24) is 9.78 Å². The summed E-state index contributed by atoms with van der Waals surface area (Å²) < 4.78 is 2.05. The van der Waals surface area contributed by atoms with Crippen LogP contribution in [0.3, 0.4) is 0 Å². The molecule has 0 saturated heterocycles. The van der Waals surface area contributed by atoms with Gasteiger partial charge in [0.1, 0.15) is 0 Å². The van der Waals surface area contributed by atoms with Crippen LogP contribution < -0.4 is 0 Å². The second-order valence-corrected chi connectivity index (χ2v) is 3.08. The summed E-state index contributed by atoms with van der Waals surface area (Å²) in [7, 11) is 0. The maximum atomic E-state index is 4.36. The third-order valence-corrected chi connectivity index (χ3v) is 1.88. The summed E-state index contributed by atoms with van der Waals surface area (Å²) in [6.07, 6.45) is 4.15. The van der Waals surface area contributed by atoms with Crippen LogP contribution >= 0.6 is 0 Å². The molecule has 1 aromatic heterocycles. The van der Waals surface area contributed by atoms with Crippen molar-refractivity contribution < 1.29 is 0 Å². The van der Waals surface area contributed by atoms with Crippen molar-refractivity contribution in [2.75, 3.05) is 0 Å². The van der Waals surface area contributed by atoms with Crippen molar-refractivity contribution >= 4 is 0 Å². The molecule has 0 bridgehead atoms. The molecular weight excluding hydrogens is 148 g/mol. The van der Waals surface area contributed by atoms with Gasteiger partial charge < -0.3 is 0 Å². The topological polar surface area (TPSA) is 17.8 Å². The van der Waals surface area contributed by atoms with Gasteiger partial charge in [-0.2, -0.15) is 5.10 Å². The summed E-state index contributed by atoms with van der Waals surface area (Å²) in [4.78, 5) is 0. The lowest BCUT2D eigenvalue weighted by atomic mass is 10.3. The average molecular weight is 164 g/mol. The van der Waals surface area contributed by atoms with Gasteiger partial charge in [-0.1, -0.05) is 6.08 Å². The molecule has 1 rings (SSSR count). The second-order valence-electron chi connectivity index (χ2n) is 3.08. The van der Waals surface area contributed by atoms with Gasteiger partial charge in [-0.3, -0.25) is 4.68 Å². The summed E-state index contributed by atoms with van der Waals surface area (Å²) in [6, 6.07) is 2.11. The largest absolute Gasteiger partial charge is 0.270 e. The molecule has 0 N–H and O–H groups in total. The number of hydrogen-bond donors (Lipinski definition) is 0. The number of nitrogens with zero attached hydrogens (tertiary/aromatic N) is 2.